The van der Waals surface area contributed by atoms with Crippen molar-refractivity contribution in [2.75, 3.05) is 26.0 Å². The summed E-state index contributed by atoms with van der Waals surface area (Å²) in [7, 11) is 0. The van der Waals surface area contributed by atoms with Crippen LogP contribution in [0.3, 0.4) is 0 Å². The van der Waals surface area contributed by atoms with Gasteiger partial charge in [0.25, 0.3) is 0 Å². The van der Waals surface area contributed by atoms with Crippen LogP contribution in [0.4, 0.5) is 0 Å². The predicted octanol–water partition coefficient (Wildman–Crippen LogP) is 2.96. The fourth-order valence-electron chi connectivity index (χ4n) is 2.30. The molecule has 5 heteroatoms. The van der Waals surface area contributed by atoms with Gasteiger partial charge in [-0.15, -0.1) is 0 Å². The SMILES string of the molecule is CSC1(CNCC(O)COc2ccccc2Cl)CCC1. The Balaban J connectivity index is 1.65. The molecule has 1 saturated carbocycles. The van der Waals surface area contributed by atoms with Crippen molar-refractivity contribution in [2.24, 2.45) is 0 Å². The fourth-order valence-corrected chi connectivity index (χ4v) is 3.43. The number of rotatable bonds is 8. The number of para-hydroxylation sites is 1. The monoisotopic (exact) mass is 315 g/mol. The first-order valence-electron chi connectivity index (χ1n) is 6.96. The third-order valence-electron chi connectivity index (χ3n) is 3.79. The Morgan fingerprint density at radius 1 is 1.45 bits per heavy atom. The first kappa shape index (κ1) is 16.0. The summed E-state index contributed by atoms with van der Waals surface area (Å²) in [5.41, 5.74) is 0. The van der Waals surface area contributed by atoms with Crippen LogP contribution in [0.1, 0.15) is 19.3 Å². The highest BCUT2D eigenvalue weighted by Gasteiger charge is 2.35. The fraction of sp³-hybridized carbons (Fsp3) is 0.600. The van der Waals surface area contributed by atoms with Crippen molar-refractivity contribution in [1.82, 2.24) is 5.32 Å². The van der Waals surface area contributed by atoms with Crippen LogP contribution in [0.15, 0.2) is 24.3 Å². The Morgan fingerprint density at radius 3 is 2.80 bits per heavy atom. The average molecular weight is 316 g/mol. The molecule has 1 aliphatic carbocycles. The van der Waals surface area contributed by atoms with Crippen LogP contribution in [0.2, 0.25) is 5.02 Å². The number of benzene rings is 1. The molecule has 0 spiro atoms. The Kier molecular flexibility index (Phi) is 6.02. The zero-order valence-electron chi connectivity index (χ0n) is 11.8. The Hall–Kier alpha value is -0.420. The molecule has 0 radical (unpaired) electrons. The molecule has 0 saturated heterocycles. The van der Waals surface area contributed by atoms with Crippen LogP contribution < -0.4 is 10.1 Å². The number of thioether (sulfide) groups is 1. The highest BCUT2D eigenvalue weighted by Crippen LogP contribution is 2.42. The van der Waals surface area contributed by atoms with Crippen molar-refractivity contribution in [3.8, 4) is 5.75 Å². The molecule has 0 amide bonds. The summed E-state index contributed by atoms with van der Waals surface area (Å²) in [6, 6.07) is 7.30. The molecule has 0 aliphatic heterocycles. The molecule has 3 nitrogen and oxygen atoms in total. The van der Waals surface area contributed by atoms with E-state index in [2.05, 4.69) is 11.6 Å². The van der Waals surface area contributed by atoms with E-state index >= 15 is 0 Å². The van der Waals surface area contributed by atoms with Gasteiger partial charge in [-0.2, -0.15) is 11.8 Å². The van der Waals surface area contributed by atoms with E-state index in [4.69, 9.17) is 16.3 Å². The number of hydrogen-bond acceptors (Lipinski definition) is 4. The number of nitrogens with one attached hydrogen (secondary N) is 1. The second-order valence-corrected chi connectivity index (χ2v) is 6.95. The van der Waals surface area contributed by atoms with Crippen molar-refractivity contribution in [3.05, 3.63) is 29.3 Å². The van der Waals surface area contributed by atoms with Crippen LogP contribution in [0.25, 0.3) is 0 Å². The molecule has 0 heterocycles. The van der Waals surface area contributed by atoms with Gasteiger partial charge in [0.05, 0.1) is 5.02 Å². The Labute approximate surface area is 130 Å². The summed E-state index contributed by atoms with van der Waals surface area (Å²) >= 11 is 7.92. The van der Waals surface area contributed by atoms with E-state index in [1.807, 2.05) is 23.9 Å². The first-order chi connectivity index (χ1) is 9.65. The van der Waals surface area contributed by atoms with E-state index in [0.29, 0.717) is 22.1 Å². The molecule has 2 N–H and O–H groups in total. The summed E-state index contributed by atoms with van der Waals surface area (Å²) in [6.07, 6.45) is 5.50. The van der Waals surface area contributed by atoms with Gasteiger partial charge in [-0.25, -0.2) is 0 Å². The van der Waals surface area contributed by atoms with Crippen LogP contribution >= 0.6 is 23.4 Å². The van der Waals surface area contributed by atoms with Crippen molar-refractivity contribution >= 4 is 23.4 Å². The predicted molar refractivity (Wildman–Crippen MR) is 85.9 cm³/mol. The second kappa shape index (κ2) is 7.55. The molecule has 20 heavy (non-hydrogen) atoms. The van der Waals surface area contributed by atoms with Crippen LogP contribution in [-0.2, 0) is 0 Å². The molecule has 112 valence electrons. The first-order valence-corrected chi connectivity index (χ1v) is 8.57. The van der Waals surface area contributed by atoms with Gasteiger partial charge in [-0.05, 0) is 31.2 Å². The molecule has 1 atom stereocenters. The number of halogens is 1. The van der Waals surface area contributed by atoms with Gasteiger partial charge in [-0.1, -0.05) is 30.2 Å². The van der Waals surface area contributed by atoms with Gasteiger partial charge in [0.2, 0.25) is 0 Å². The maximum absolute atomic E-state index is 9.92. The highest BCUT2D eigenvalue weighted by atomic mass is 35.5. The molecule has 1 unspecified atom stereocenters. The Morgan fingerprint density at radius 2 is 2.20 bits per heavy atom. The third-order valence-corrected chi connectivity index (χ3v) is 5.52. The van der Waals surface area contributed by atoms with E-state index < -0.39 is 6.10 Å². The van der Waals surface area contributed by atoms with Crippen molar-refractivity contribution in [1.29, 1.82) is 0 Å². The molecule has 1 fully saturated rings. The van der Waals surface area contributed by atoms with E-state index in [-0.39, 0.29) is 6.61 Å². The summed E-state index contributed by atoms with van der Waals surface area (Å²) < 4.78 is 5.91. The second-order valence-electron chi connectivity index (χ2n) is 5.27. The Bertz CT molecular complexity index is 421. The molecule has 2 rings (SSSR count). The van der Waals surface area contributed by atoms with Crippen molar-refractivity contribution in [2.45, 2.75) is 30.1 Å². The maximum atomic E-state index is 9.92. The van der Waals surface area contributed by atoms with E-state index in [1.54, 1.807) is 12.1 Å². The molecular weight excluding hydrogens is 294 g/mol. The summed E-state index contributed by atoms with van der Waals surface area (Å²) in [5, 5.41) is 13.8. The molecule has 0 bridgehead atoms. The molecule has 0 aromatic heterocycles. The number of ether oxygens (including phenoxy) is 1. The topological polar surface area (TPSA) is 41.5 Å². The number of aliphatic hydroxyl groups is 1. The lowest BCUT2D eigenvalue weighted by molar-refractivity contribution is 0.105. The number of hydrogen-bond donors (Lipinski definition) is 2. The average Bonchev–Trinajstić information content (AvgIpc) is 2.41. The molecule has 1 aliphatic rings. The van der Waals surface area contributed by atoms with E-state index in [0.717, 1.165) is 6.54 Å². The van der Waals surface area contributed by atoms with Crippen molar-refractivity contribution < 1.29 is 9.84 Å². The van der Waals surface area contributed by atoms with Crippen molar-refractivity contribution in [3.63, 3.8) is 0 Å². The van der Waals surface area contributed by atoms with Gasteiger partial charge >= 0.3 is 0 Å². The zero-order valence-corrected chi connectivity index (χ0v) is 13.3. The third kappa shape index (κ3) is 4.29. The standard InChI is InChI=1S/C15H22ClNO2S/c1-20-15(7-4-8-15)11-17-9-12(18)10-19-14-6-3-2-5-13(14)16/h2-3,5-6,12,17-18H,4,7-11H2,1H3. The highest BCUT2D eigenvalue weighted by molar-refractivity contribution is 8.00. The van der Waals surface area contributed by atoms with Gasteiger partial charge < -0.3 is 15.2 Å². The van der Waals surface area contributed by atoms with Crippen LogP contribution in [0, 0.1) is 0 Å². The quantitative estimate of drug-likeness (QED) is 0.774. The van der Waals surface area contributed by atoms with Crippen LogP contribution in [-0.4, -0.2) is 41.9 Å². The molecule has 1 aromatic carbocycles. The minimum absolute atomic E-state index is 0.253. The smallest absolute Gasteiger partial charge is 0.138 e. The van der Waals surface area contributed by atoms with Gasteiger partial charge in [0.15, 0.2) is 0 Å². The largest absolute Gasteiger partial charge is 0.489 e. The minimum atomic E-state index is -0.523. The normalized spacial score (nSPS) is 18.4. The van der Waals surface area contributed by atoms with Gasteiger partial charge in [0, 0.05) is 17.8 Å². The lowest BCUT2D eigenvalue weighted by Crippen LogP contribution is -2.45. The maximum Gasteiger partial charge on any atom is 0.138 e. The summed E-state index contributed by atoms with van der Waals surface area (Å²) in [4.78, 5) is 0. The number of aliphatic hydroxyl groups excluding tert-OH is 1. The lowest BCUT2D eigenvalue weighted by Gasteiger charge is -2.40. The summed E-state index contributed by atoms with van der Waals surface area (Å²) in [6.45, 7) is 1.76. The zero-order chi connectivity index (χ0) is 14.4. The van der Waals surface area contributed by atoms with Crippen LogP contribution in [0.5, 0.6) is 5.75 Å². The lowest BCUT2D eigenvalue weighted by atomic mass is 9.84. The molecule has 1 aromatic rings. The van der Waals surface area contributed by atoms with E-state index in [1.165, 1.54) is 19.3 Å². The van der Waals surface area contributed by atoms with Gasteiger partial charge in [0.1, 0.15) is 18.5 Å². The molecular formula is C15H22ClNO2S. The van der Waals surface area contributed by atoms with E-state index in [9.17, 15) is 5.11 Å². The summed E-state index contributed by atoms with van der Waals surface area (Å²) in [5.74, 6) is 0.618. The van der Waals surface area contributed by atoms with Gasteiger partial charge in [-0.3, -0.25) is 0 Å². The minimum Gasteiger partial charge on any atom is -0.489 e.